The van der Waals surface area contributed by atoms with E-state index in [4.69, 9.17) is 14.7 Å². The predicted molar refractivity (Wildman–Crippen MR) is 91.7 cm³/mol. The van der Waals surface area contributed by atoms with E-state index in [2.05, 4.69) is 6.92 Å². The van der Waals surface area contributed by atoms with Gasteiger partial charge in [-0.1, -0.05) is 19.8 Å². The summed E-state index contributed by atoms with van der Waals surface area (Å²) < 4.78 is 37.0. The number of hydrogen-bond acceptors (Lipinski definition) is 6. The average molecular weight is 378 g/mol. The van der Waals surface area contributed by atoms with Crippen LogP contribution in [-0.2, 0) is 24.3 Å². The molecule has 2 aliphatic heterocycles. The van der Waals surface area contributed by atoms with Gasteiger partial charge in [-0.2, -0.15) is 0 Å². The number of carbonyl (C=O) groups excluding carboxylic acids is 1. The average Bonchev–Trinajstić information content (AvgIpc) is 2.65. The van der Waals surface area contributed by atoms with Crippen LogP contribution in [0.1, 0.15) is 51.9 Å². The minimum Gasteiger partial charge on any atom is -0.381 e. The Morgan fingerprint density at radius 3 is 2.48 bits per heavy atom. The second-order valence-corrected chi connectivity index (χ2v) is 8.98. The van der Waals surface area contributed by atoms with Gasteiger partial charge in [-0.25, -0.2) is 18.2 Å². The summed E-state index contributed by atoms with van der Waals surface area (Å²) in [6, 6.07) is 0. The van der Waals surface area contributed by atoms with Gasteiger partial charge in [0, 0.05) is 45.8 Å². The molecule has 0 unspecified atom stereocenters. The van der Waals surface area contributed by atoms with Crippen molar-refractivity contribution < 1.29 is 27.9 Å². The number of sulfonamides is 1. The molecule has 0 saturated carbocycles. The topological polar surface area (TPSA) is 105 Å². The Kier molecular flexibility index (Phi) is 7.63. The maximum atomic E-state index is 13.1. The molecule has 8 nitrogen and oxygen atoms in total. The van der Waals surface area contributed by atoms with Crippen LogP contribution in [0.4, 0.5) is 0 Å². The predicted octanol–water partition coefficient (Wildman–Crippen LogP) is 1.04. The summed E-state index contributed by atoms with van der Waals surface area (Å²) >= 11 is 0. The molecule has 9 heteroatoms. The van der Waals surface area contributed by atoms with Gasteiger partial charge in [0.05, 0.1) is 6.10 Å². The maximum Gasteiger partial charge on any atom is 0.266 e. The molecule has 0 atom stereocenters. The lowest BCUT2D eigenvalue weighted by molar-refractivity contribution is -0.134. The molecule has 0 radical (unpaired) electrons. The van der Waals surface area contributed by atoms with Crippen molar-refractivity contribution in [3.8, 4) is 0 Å². The molecule has 2 aliphatic rings. The van der Waals surface area contributed by atoms with Gasteiger partial charge in [-0.05, 0) is 19.3 Å². The quantitative estimate of drug-likeness (QED) is 0.371. The zero-order valence-corrected chi connectivity index (χ0v) is 15.7. The zero-order chi connectivity index (χ0) is 18.3. The molecule has 25 heavy (non-hydrogen) atoms. The van der Waals surface area contributed by atoms with Gasteiger partial charge in [0.2, 0.25) is 10.0 Å². The number of piperidine rings is 1. The van der Waals surface area contributed by atoms with Crippen LogP contribution in [0.2, 0.25) is 0 Å². The number of hydrogen-bond donors (Lipinski definition) is 2. The summed E-state index contributed by atoms with van der Waals surface area (Å²) in [5.74, 6) is -0.867. The lowest BCUT2D eigenvalue weighted by Gasteiger charge is -2.40. The molecule has 1 amide bonds. The Labute approximate surface area is 149 Å². The highest BCUT2D eigenvalue weighted by molar-refractivity contribution is 7.91. The number of carbonyl (C=O) groups is 1. The van der Waals surface area contributed by atoms with Crippen molar-refractivity contribution in [2.45, 2.75) is 62.7 Å². The third-order valence-corrected chi connectivity index (χ3v) is 7.78. The molecule has 0 aliphatic carbocycles. The van der Waals surface area contributed by atoms with Crippen LogP contribution in [0, 0.1) is 0 Å². The molecule has 2 heterocycles. The normalized spacial score (nSPS) is 22.6. The second-order valence-electron chi connectivity index (χ2n) is 6.73. The Balaban J connectivity index is 1.99. The first kappa shape index (κ1) is 20.6. The molecular formula is C16H30N2O6S. The molecular weight excluding hydrogens is 348 g/mol. The van der Waals surface area contributed by atoms with E-state index in [0.29, 0.717) is 32.5 Å². The number of nitrogens with one attached hydrogen (secondary N) is 1. The van der Waals surface area contributed by atoms with Crippen molar-refractivity contribution in [2.75, 3.05) is 32.9 Å². The molecule has 0 aromatic heterocycles. The molecule has 0 spiro atoms. The third-order valence-electron chi connectivity index (χ3n) is 5.15. The minimum atomic E-state index is -3.88. The minimum absolute atomic E-state index is 0.0508. The Bertz CT molecular complexity index is 525. The third kappa shape index (κ3) is 4.51. The van der Waals surface area contributed by atoms with Crippen LogP contribution in [0.25, 0.3) is 0 Å². The summed E-state index contributed by atoms with van der Waals surface area (Å²) in [6.07, 6.45) is 4.71. The number of rotatable bonds is 8. The van der Waals surface area contributed by atoms with Crippen LogP contribution in [0.15, 0.2) is 0 Å². The molecule has 2 fully saturated rings. The van der Waals surface area contributed by atoms with E-state index < -0.39 is 20.7 Å². The number of amides is 1. The van der Waals surface area contributed by atoms with E-state index in [0.717, 1.165) is 19.3 Å². The van der Waals surface area contributed by atoms with E-state index in [1.807, 2.05) is 0 Å². The highest BCUT2D eigenvalue weighted by atomic mass is 32.2. The highest BCUT2D eigenvalue weighted by Gasteiger charge is 2.54. The summed E-state index contributed by atoms with van der Waals surface area (Å²) in [4.78, 5) is 12.2. The SMILES string of the molecule is CCCCCOC1CCN(S(=O)(=O)C2(C(=O)NO)CCOCC2)CC1. The fraction of sp³-hybridized carbons (Fsp3) is 0.938. The molecule has 2 saturated heterocycles. The van der Waals surface area contributed by atoms with Crippen LogP contribution < -0.4 is 5.48 Å². The van der Waals surface area contributed by atoms with Gasteiger partial charge in [0.15, 0.2) is 4.75 Å². The fourth-order valence-electron chi connectivity index (χ4n) is 3.49. The van der Waals surface area contributed by atoms with Crippen molar-refractivity contribution >= 4 is 15.9 Å². The fourth-order valence-corrected chi connectivity index (χ4v) is 5.64. The second kappa shape index (κ2) is 9.27. The van der Waals surface area contributed by atoms with Crippen molar-refractivity contribution in [2.24, 2.45) is 0 Å². The molecule has 0 bridgehead atoms. The number of unbranched alkanes of at least 4 members (excludes halogenated alkanes) is 2. The van der Waals surface area contributed by atoms with Gasteiger partial charge in [-0.3, -0.25) is 10.0 Å². The lowest BCUT2D eigenvalue weighted by atomic mass is 9.98. The van der Waals surface area contributed by atoms with Crippen LogP contribution in [0.3, 0.4) is 0 Å². The number of hydroxylamine groups is 1. The molecule has 2 N–H and O–H groups in total. The highest BCUT2D eigenvalue weighted by Crippen LogP contribution is 2.34. The van der Waals surface area contributed by atoms with Crippen LogP contribution in [0.5, 0.6) is 0 Å². The standard InChI is InChI=1S/C16H30N2O6S/c1-2-3-4-11-24-14-5-9-18(10-6-14)25(21,22)16(15(19)17-20)7-12-23-13-8-16/h14,20H,2-13H2,1H3,(H,17,19). The van der Waals surface area contributed by atoms with Crippen molar-refractivity contribution in [1.29, 1.82) is 0 Å². The summed E-state index contributed by atoms with van der Waals surface area (Å²) in [5, 5.41) is 9.05. The zero-order valence-electron chi connectivity index (χ0n) is 14.9. The molecule has 2 rings (SSSR count). The maximum absolute atomic E-state index is 13.1. The van der Waals surface area contributed by atoms with Crippen molar-refractivity contribution in [3.63, 3.8) is 0 Å². The first-order valence-electron chi connectivity index (χ1n) is 9.11. The van der Waals surface area contributed by atoms with Crippen LogP contribution in [-0.4, -0.2) is 67.6 Å². The van der Waals surface area contributed by atoms with E-state index in [9.17, 15) is 13.2 Å². The van der Waals surface area contributed by atoms with E-state index >= 15 is 0 Å². The van der Waals surface area contributed by atoms with Crippen molar-refractivity contribution in [3.05, 3.63) is 0 Å². The number of ether oxygens (including phenoxy) is 2. The number of nitrogens with zero attached hydrogens (tertiary/aromatic N) is 1. The van der Waals surface area contributed by atoms with E-state index in [1.165, 1.54) is 4.31 Å². The lowest BCUT2D eigenvalue weighted by Crippen LogP contribution is -2.60. The van der Waals surface area contributed by atoms with E-state index in [-0.39, 0.29) is 32.2 Å². The Hall–Kier alpha value is -0.740. The molecule has 146 valence electrons. The first-order chi connectivity index (χ1) is 12.0. The van der Waals surface area contributed by atoms with Gasteiger partial charge >= 0.3 is 0 Å². The van der Waals surface area contributed by atoms with Gasteiger partial charge in [-0.15, -0.1) is 0 Å². The smallest absolute Gasteiger partial charge is 0.266 e. The van der Waals surface area contributed by atoms with Gasteiger partial charge in [0.1, 0.15) is 0 Å². The van der Waals surface area contributed by atoms with Gasteiger partial charge < -0.3 is 9.47 Å². The van der Waals surface area contributed by atoms with Gasteiger partial charge in [0.25, 0.3) is 5.91 Å². The molecule has 0 aromatic carbocycles. The summed E-state index contributed by atoms with van der Waals surface area (Å²) in [6.45, 7) is 3.88. The van der Waals surface area contributed by atoms with Crippen molar-refractivity contribution in [1.82, 2.24) is 9.79 Å². The summed E-state index contributed by atoms with van der Waals surface area (Å²) in [5.41, 5.74) is 1.54. The Morgan fingerprint density at radius 2 is 1.92 bits per heavy atom. The monoisotopic (exact) mass is 378 g/mol. The Morgan fingerprint density at radius 1 is 1.28 bits per heavy atom. The largest absolute Gasteiger partial charge is 0.381 e. The van der Waals surface area contributed by atoms with Crippen LogP contribution >= 0.6 is 0 Å². The molecule has 0 aromatic rings. The summed E-state index contributed by atoms with van der Waals surface area (Å²) in [7, 11) is -3.88. The van der Waals surface area contributed by atoms with E-state index in [1.54, 1.807) is 5.48 Å². The first-order valence-corrected chi connectivity index (χ1v) is 10.6.